The van der Waals surface area contributed by atoms with Crippen molar-refractivity contribution in [3.05, 3.63) is 70.2 Å². The van der Waals surface area contributed by atoms with Crippen LogP contribution in [0.5, 0.6) is 0 Å². The highest BCUT2D eigenvalue weighted by atomic mass is 79.9. The van der Waals surface area contributed by atoms with Crippen LogP contribution in [-0.2, 0) is 0 Å². The molecule has 0 atom stereocenters. The molecule has 0 aliphatic rings. The largest absolute Gasteiger partial charge is 0.134 e. The van der Waals surface area contributed by atoms with Crippen LogP contribution in [-0.4, -0.2) is 0 Å². The fourth-order valence-electron chi connectivity index (χ4n) is 3.38. The summed E-state index contributed by atoms with van der Waals surface area (Å²) in [5.74, 6) is 0. The molecule has 0 aliphatic carbocycles. The highest BCUT2D eigenvalue weighted by Gasteiger charge is 2.14. The third-order valence-corrected chi connectivity index (χ3v) is 6.54. The molecule has 5 aromatic rings. The molecule has 23 heavy (non-hydrogen) atoms. The number of rotatable bonds is 0. The van der Waals surface area contributed by atoms with E-state index in [2.05, 4.69) is 70.5 Å². The van der Waals surface area contributed by atoms with Gasteiger partial charge in [-0.25, -0.2) is 0 Å². The van der Waals surface area contributed by atoms with Crippen molar-refractivity contribution < 1.29 is 0 Å². The Balaban J connectivity index is 2.14. The van der Waals surface area contributed by atoms with Gasteiger partial charge in [0.05, 0.1) is 0 Å². The lowest BCUT2D eigenvalue weighted by atomic mass is 10.0. The number of hydrogen-bond donors (Lipinski definition) is 0. The molecule has 0 nitrogen and oxygen atoms in total. The van der Waals surface area contributed by atoms with E-state index in [0.29, 0.717) is 0 Å². The molecule has 0 N–H and O–H groups in total. The Labute approximate surface area is 150 Å². The van der Waals surface area contributed by atoms with Crippen molar-refractivity contribution in [1.29, 1.82) is 0 Å². The summed E-state index contributed by atoms with van der Waals surface area (Å²) in [5.41, 5.74) is 0. The lowest BCUT2D eigenvalue weighted by molar-refractivity contribution is 1.78. The van der Waals surface area contributed by atoms with Gasteiger partial charge in [0, 0.05) is 40.4 Å². The molecule has 4 aromatic carbocycles. The number of halogens is 2. The lowest BCUT2D eigenvalue weighted by Crippen LogP contribution is -1.78. The number of hydrogen-bond acceptors (Lipinski definition) is 1. The second-order valence-electron chi connectivity index (χ2n) is 5.66. The second-order valence-corrected chi connectivity index (χ2v) is 7.97. The molecule has 0 radical (unpaired) electrons. The van der Waals surface area contributed by atoms with Crippen LogP contribution in [0, 0.1) is 0 Å². The van der Waals surface area contributed by atoms with Crippen LogP contribution >= 0.6 is 38.9 Å². The van der Waals surface area contributed by atoms with Crippen molar-refractivity contribution >= 4 is 80.6 Å². The van der Waals surface area contributed by atoms with E-state index in [0.717, 1.165) is 14.9 Å². The molecule has 5 rings (SSSR count). The predicted molar refractivity (Wildman–Crippen MR) is 107 cm³/mol. The van der Waals surface area contributed by atoms with Gasteiger partial charge >= 0.3 is 0 Å². The normalized spacial score (nSPS) is 11.9. The van der Waals surface area contributed by atoms with Crippen LogP contribution in [0.4, 0.5) is 0 Å². The summed E-state index contributed by atoms with van der Waals surface area (Å²) in [5, 5.41) is 8.30. The summed E-state index contributed by atoms with van der Waals surface area (Å²) >= 11 is 12.1. The summed E-state index contributed by atoms with van der Waals surface area (Å²) in [6.45, 7) is 0. The first-order chi connectivity index (χ1) is 11.2. The van der Waals surface area contributed by atoms with E-state index in [4.69, 9.17) is 11.6 Å². The molecule has 0 saturated heterocycles. The van der Waals surface area contributed by atoms with Crippen molar-refractivity contribution in [2.75, 3.05) is 0 Å². The van der Waals surface area contributed by atoms with Gasteiger partial charge in [0.25, 0.3) is 0 Å². The molecule has 0 amide bonds. The van der Waals surface area contributed by atoms with Crippen molar-refractivity contribution in [2.45, 2.75) is 0 Å². The van der Waals surface area contributed by atoms with Gasteiger partial charge < -0.3 is 0 Å². The monoisotopic (exact) mass is 396 g/mol. The van der Waals surface area contributed by atoms with Gasteiger partial charge in [0.1, 0.15) is 0 Å². The fourth-order valence-corrected chi connectivity index (χ4v) is 5.57. The van der Waals surface area contributed by atoms with E-state index in [9.17, 15) is 0 Å². The second kappa shape index (κ2) is 4.94. The Morgan fingerprint density at radius 1 is 0.739 bits per heavy atom. The molecule has 0 saturated carbocycles. The SMILES string of the molecule is Clc1cc2sc3c4ccccc4c(Br)cc3c2c2ccccc12. The first-order valence-corrected chi connectivity index (χ1v) is 9.33. The van der Waals surface area contributed by atoms with Crippen LogP contribution in [0.3, 0.4) is 0 Å². The van der Waals surface area contributed by atoms with Crippen LogP contribution in [0.25, 0.3) is 41.7 Å². The van der Waals surface area contributed by atoms with E-state index < -0.39 is 0 Å². The number of thiophene rings is 1. The van der Waals surface area contributed by atoms with Crippen LogP contribution in [0.1, 0.15) is 0 Å². The summed E-state index contributed by atoms with van der Waals surface area (Å²) in [6, 6.07) is 21.3. The van der Waals surface area contributed by atoms with Gasteiger partial charge in [-0.2, -0.15) is 0 Å². The van der Waals surface area contributed by atoms with Gasteiger partial charge in [-0.15, -0.1) is 11.3 Å². The lowest BCUT2D eigenvalue weighted by Gasteiger charge is -2.05. The van der Waals surface area contributed by atoms with Crippen molar-refractivity contribution in [2.24, 2.45) is 0 Å². The number of fused-ring (bicyclic) bond motifs is 7. The first-order valence-electron chi connectivity index (χ1n) is 7.35. The van der Waals surface area contributed by atoms with Gasteiger partial charge in [-0.3, -0.25) is 0 Å². The van der Waals surface area contributed by atoms with E-state index in [-0.39, 0.29) is 0 Å². The fraction of sp³-hybridized carbons (Fsp3) is 0. The maximum Gasteiger partial charge on any atom is 0.0498 e. The van der Waals surface area contributed by atoms with Crippen LogP contribution in [0.2, 0.25) is 5.02 Å². The molecule has 0 bridgehead atoms. The minimum Gasteiger partial charge on any atom is -0.134 e. The van der Waals surface area contributed by atoms with Gasteiger partial charge in [0.2, 0.25) is 0 Å². The Hall–Kier alpha value is -1.61. The minimum atomic E-state index is 0.822. The Morgan fingerprint density at radius 2 is 1.39 bits per heavy atom. The maximum absolute atomic E-state index is 6.51. The topological polar surface area (TPSA) is 0 Å². The Kier molecular flexibility index (Phi) is 2.96. The van der Waals surface area contributed by atoms with E-state index in [1.165, 1.54) is 36.3 Å². The minimum absolute atomic E-state index is 0.822. The molecule has 1 heterocycles. The van der Waals surface area contributed by atoms with Crippen molar-refractivity contribution in [3.63, 3.8) is 0 Å². The zero-order valence-electron chi connectivity index (χ0n) is 11.9. The summed E-state index contributed by atoms with van der Waals surface area (Å²) in [4.78, 5) is 0. The summed E-state index contributed by atoms with van der Waals surface area (Å²) in [6.07, 6.45) is 0. The summed E-state index contributed by atoms with van der Waals surface area (Å²) in [7, 11) is 0. The molecule has 0 aliphatic heterocycles. The quantitative estimate of drug-likeness (QED) is 0.250. The van der Waals surface area contributed by atoms with Crippen molar-refractivity contribution in [3.8, 4) is 0 Å². The summed E-state index contributed by atoms with van der Waals surface area (Å²) < 4.78 is 3.71. The Bertz CT molecular complexity index is 1240. The average Bonchev–Trinajstić information content (AvgIpc) is 2.94. The van der Waals surface area contributed by atoms with Gasteiger partial charge in [-0.1, -0.05) is 76.1 Å². The van der Waals surface area contributed by atoms with Gasteiger partial charge in [-0.05, 0) is 22.9 Å². The van der Waals surface area contributed by atoms with Crippen LogP contribution in [0.15, 0.2) is 65.1 Å². The number of benzene rings is 4. The molecule has 0 fully saturated rings. The zero-order chi connectivity index (χ0) is 15.6. The molecule has 3 heteroatoms. The van der Waals surface area contributed by atoms with Crippen molar-refractivity contribution in [1.82, 2.24) is 0 Å². The maximum atomic E-state index is 6.51. The van der Waals surface area contributed by atoms with Gasteiger partial charge in [0.15, 0.2) is 0 Å². The smallest absolute Gasteiger partial charge is 0.0498 e. The standard InChI is InChI=1S/C20H10BrClS/c21-16-9-15-19-13-7-3-2-6-12(13)17(22)10-18(19)23-20(15)14-8-4-1-5-11(14)16/h1-10H. The molecule has 0 spiro atoms. The van der Waals surface area contributed by atoms with E-state index in [1.54, 1.807) is 0 Å². The van der Waals surface area contributed by atoms with Crippen LogP contribution < -0.4 is 0 Å². The molecule has 110 valence electrons. The van der Waals surface area contributed by atoms with E-state index >= 15 is 0 Å². The Morgan fingerprint density at radius 3 is 2.17 bits per heavy atom. The predicted octanol–water partition coefficient (Wildman–Crippen LogP) is 7.78. The van der Waals surface area contributed by atoms with E-state index in [1.807, 2.05) is 17.4 Å². The molecular weight excluding hydrogens is 388 g/mol. The third-order valence-electron chi connectivity index (χ3n) is 4.38. The highest BCUT2D eigenvalue weighted by Crippen LogP contribution is 2.45. The third kappa shape index (κ3) is 1.89. The molecule has 1 aromatic heterocycles. The zero-order valence-corrected chi connectivity index (χ0v) is 15.1. The molecular formula is C20H10BrClS. The highest BCUT2D eigenvalue weighted by molar-refractivity contribution is 9.10. The average molecular weight is 398 g/mol. The molecule has 0 unspecified atom stereocenters. The first kappa shape index (κ1) is 13.8.